The zero-order chi connectivity index (χ0) is 11.5. The standard InChI is InChI=1S/C11H24N2O2/c1-4-6-12-7-5-8-15-11(14)13-9-10(2)3/h10,12H,4-9H2,1-3H3,(H,13,14). The van der Waals surface area contributed by atoms with Gasteiger partial charge >= 0.3 is 6.09 Å². The average Bonchev–Trinajstić information content (AvgIpc) is 2.20. The van der Waals surface area contributed by atoms with E-state index in [-0.39, 0.29) is 6.09 Å². The Labute approximate surface area is 92.8 Å². The predicted molar refractivity (Wildman–Crippen MR) is 62.0 cm³/mol. The molecule has 0 saturated carbocycles. The Balaban J connectivity index is 3.17. The molecule has 0 aliphatic rings. The lowest BCUT2D eigenvalue weighted by atomic mass is 10.2. The third kappa shape index (κ3) is 11.2. The largest absolute Gasteiger partial charge is 0.450 e. The van der Waals surface area contributed by atoms with E-state index in [1.54, 1.807) is 0 Å². The van der Waals surface area contributed by atoms with Gasteiger partial charge in [0.2, 0.25) is 0 Å². The molecule has 2 N–H and O–H groups in total. The Morgan fingerprint density at radius 2 is 2.07 bits per heavy atom. The molecule has 0 unspecified atom stereocenters. The maximum Gasteiger partial charge on any atom is 0.407 e. The van der Waals surface area contributed by atoms with E-state index in [2.05, 4.69) is 31.4 Å². The summed E-state index contributed by atoms with van der Waals surface area (Å²) in [7, 11) is 0. The summed E-state index contributed by atoms with van der Waals surface area (Å²) < 4.78 is 4.98. The first-order valence-corrected chi connectivity index (χ1v) is 5.78. The van der Waals surface area contributed by atoms with Crippen LogP contribution in [0.3, 0.4) is 0 Å². The van der Waals surface area contributed by atoms with E-state index in [1.807, 2.05) is 0 Å². The molecule has 4 nitrogen and oxygen atoms in total. The van der Waals surface area contributed by atoms with Crippen LogP contribution in [0.4, 0.5) is 4.79 Å². The molecule has 0 aromatic heterocycles. The highest BCUT2D eigenvalue weighted by Crippen LogP contribution is 1.89. The van der Waals surface area contributed by atoms with E-state index in [1.165, 1.54) is 0 Å². The number of amides is 1. The number of hydrogen-bond acceptors (Lipinski definition) is 3. The summed E-state index contributed by atoms with van der Waals surface area (Å²) in [6.45, 7) is 9.32. The van der Waals surface area contributed by atoms with Crippen LogP contribution in [-0.4, -0.2) is 32.3 Å². The second kappa shape index (κ2) is 9.77. The van der Waals surface area contributed by atoms with Crippen molar-refractivity contribution in [1.82, 2.24) is 10.6 Å². The van der Waals surface area contributed by atoms with Crippen LogP contribution in [-0.2, 0) is 4.74 Å². The summed E-state index contributed by atoms with van der Waals surface area (Å²) in [5.74, 6) is 0.462. The fourth-order valence-corrected chi connectivity index (χ4v) is 1.00. The molecule has 0 heterocycles. The molecule has 0 spiro atoms. The summed E-state index contributed by atoms with van der Waals surface area (Å²) in [5.41, 5.74) is 0. The van der Waals surface area contributed by atoms with Crippen molar-refractivity contribution in [3.8, 4) is 0 Å². The number of nitrogens with one attached hydrogen (secondary N) is 2. The lowest BCUT2D eigenvalue weighted by Gasteiger charge is -2.08. The minimum atomic E-state index is -0.306. The van der Waals surface area contributed by atoms with Crippen molar-refractivity contribution >= 4 is 6.09 Å². The summed E-state index contributed by atoms with van der Waals surface area (Å²) in [4.78, 5) is 11.1. The van der Waals surface area contributed by atoms with Gasteiger partial charge in [0.1, 0.15) is 0 Å². The molecule has 0 bridgehead atoms. The second-order valence-electron chi connectivity index (χ2n) is 4.01. The first-order valence-electron chi connectivity index (χ1n) is 5.78. The average molecular weight is 216 g/mol. The van der Waals surface area contributed by atoms with Gasteiger partial charge in [-0.1, -0.05) is 20.8 Å². The van der Waals surface area contributed by atoms with Gasteiger partial charge in [-0.05, 0) is 31.8 Å². The van der Waals surface area contributed by atoms with Crippen LogP contribution in [0.25, 0.3) is 0 Å². The minimum Gasteiger partial charge on any atom is -0.450 e. The maximum atomic E-state index is 11.1. The van der Waals surface area contributed by atoms with Crippen molar-refractivity contribution in [3.05, 3.63) is 0 Å². The van der Waals surface area contributed by atoms with Gasteiger partial charge in [-0.15, -0.1) is 0 Å². The molecular weight excluding hydrogens is 192 g/mol. The van der Waals surface area contributed by atoms with Crippen LogP contribution in [0.15, 0.2) is 0 Å². The molecule has 15 heavy (non-hydrogen) atoms. The fourth-order valence-electron chi connectivity index (χ4n) is 1.00. The Hall–Kier alpha value is -0.770. The van der Waals surface area contributed by atoms with E-state index in [0.29, 0.717) is 19.1 Å². The lowest BCUT2D eigenvalue weighted by Crippen LogP contribution is -2.28. The molecule has 0 aliphatic carbocycles. The lowest BCUT2D eigenvalue weighted by molar-refractivity contribution is 0.143. The van der Waals surface area contributed by atoms with Crippen molar-refractivity contribution in [2.24, 2.45) is 5.92 Å². The number of hydrogen-bond donors (Lipinski definition) is 2. The molecule has 0 radical (unpaired) electrons. The van der Waals surface area contributed by atoms with Crippen molar-refractivity contribution in [3.63, 3.8) is 0 Å². The van der Waals surface area contributed by atoms with Gasteiger partial charge in [0.15, 0.2) is 0 Å². The second-order valence-corrected chi connectivity index (χ2v) is 4.01. The first kappa shape index (κ1) is 14.2. The Morgan fingerprint density at radius 1 is 1.33 bits per heavy atom. The Morgan fingerprint density at radius 3 is 2.67 bits per heavy atom. The molecule has 90 valence electrons. The van der Waals surface area contributed by atoms with Gasteiger partial charge in [0, 0.05) is 6.54 Å². The highest BCUT2D eigenvalue weighted by atomic mass is 16.5. The fraction of sp³-hybridized carbons (Fsp3) is 0.909. The monoisotopic (exact) mass is 216 g/mol. The van der Waals surface area contributed by atoms with Crippen LogP contribution in [0.1, 0.15) is 33.6 Å². The van der Waals surface area contributed by atoms with Crippen LogP contribution in [0.5, 0.6) is 0 Å². The number of carbonyl (C=O) groups excluding carboxylic acids is 1. The zero-order valence-corrected chi connectivity index (χ0v) is 10.1. The van der Waals surface area contributed by atoms with Crippen LogP contribution in [0, 0.1) is 5.92 Å². The summed E-state index contributed by atoms with van der Waals surface area (Å²) in [6, 6.07) is 0. The van der Waals surface area contributed by atoms with Gasteiger partial charge < -0.3 is 15.4 Å². The summed E-state index contributed by atoms with van der Waals surface area (Å²) in [5, 5.41) is 5.95. The topological polar surface area (TPSA) is 50.4 Å². The molecule has 0 fully saturated rings. The molecule has 0 aromatic carbocycles. The van der Waals surface area contributed by atoms with E-state index in [9.17, 15) is 4.79 Å². The first-order chi connectivity index (χ1) is 7.16. The van der Waals surface area contributed by atoms with E-state index in [4.69, 9.17) is 4.74 Å². The summed E-state index contributed by atoms with van der Waals surface area (Å²) in [6.07, 6.45) is 1.70. The molecule has 0 saturated heterocycles. The highest BCUT2D eigenvalue weighted by molar-refractivity contribution is 5.66. The normalized spacial score (nSPS) is 10.4. The number of rotatable bonds is 8. The highest BCUT2D eigenvalue weighted by Gasteiger charge is 2.01. The molecular formula is C11H24N2O2. The van der Waals surface area contributed by atoms with Gasteiger partial charge in [-0.25, -0.2) is 4.79 Å². The maximum absolute atomic E-state index is 11.1. The number of carbonyl (C=O) groups is 1. The third-order valence-electron chi connectivity index (χ3n) is 1.81. The zero-order valence-electron chi connectivity index (χ0n) is 10.1. The summed E-state index contributed by atoms with van der Waals surface area (Å²) >= 11 is 0. The third-order valence-corrected chi connectivity index (χ3v) is 1.81. The van der Waals surface area contributed by atoms with Crippen LogP contribution < -0.4 is 10.6 Å². The minimum absolute atomic E-state index is 0.306. The molecule has 0 aromatic rings. The molecule has 1 amide bonds. The molecule has 0 rings (SSSR count). The SMILES string of the molecule is CCCNCCCOC(=O)NCC(C)C. The van der Waals surface area contributed by atoms with Crippen molar-refractivity contribution < 1.29 is 9.53 Å². The number of alkyl carbamates (subject to hydrolysis) is 1. The van der Waals surface area contributed by atoms with Crippen molar-refractivity contribution in [2.45, 2.75) is 33.6 Å². The van der Waals surface area contributed by atoms with E-state index >= 15 is 0 Å². The Bertz CT molecular complexity index is 161. The van der Waals surface area contributed by atoms with Gasteiger partial charge in [0.05, 0.1) is 6.61 Å². The molecule has 4 heteroatoms. The predicted octanol–water partition coefficient (Wildman–Crippen LogP) is 1.76. The smallest absolute Gasteiger partial charge is 0.407 e. The van der Waals surface area contributed by atoms with Crippen LogP contribution in [0.2, 0.25) is 0 Å². The van der Waals surface area contributed by atoms with E-state index in [0.717, 1.165) is 25.9 Å². The van der Waals surface area contributed by atoms with Gasteiger partial charge in [0.25, 0.3) is 0 Å². The number of ether oxygens (including phenoxy) is 1. The van der Waals surface area contributed by atoms with Crippen molar-refractivity contribution in [1.29, 1.82) is 0 Å². The quantitative estimate of drug-likeness (QED) is 0.608. The Kier molecular flexibility index (Phi) is 9.27. The van der Waals surface area contributed by atoms with Gasteiger partial charge in [-0.3, -0.25) is 0 Å². The van der Waals surface area contributed by atoms with Gasteiger partial charge in [-0.2, -0.15) is 0 Å². The molecule has 0 aliphatic heterocycles. The van der Waals surface area contributed by atoms with Crippen LogP contribution >= 0.6 is 0 Å². The van der Waals surface area contributed by atoms with Crippen molar-refractivity contribution in [2.75, 3.05) is 26.2 Å². The molecule has 0 atom stereocenters. The van der Waals surface area contributed by atoms with E-state index < -0.39 is 0 Å².